The second-order valence-electron chi connectivity index (χ2n) is 8.29. The second kappa shape index (κ2) is 9.68. The second-order valence-corrected chi connectivity index (χ2v) is 9.14. The zero-order valence-electron chi connectivity index (χ0n) is 19.2. The predicted molar refractivity (Wildman–Crippen MR) is 138 cm³/mol. The van der Waals surface area contributed by atoms with Gasteiger partial charge in [-0.05, 0) is 42.0 Å². The Morgan fingerprint density at radius 3 is 2.62 bits per heavy atom. The zero-order chi connectivity index (χ0) is 26.3. The van der Waals surface area contributed by atoms with Crippen LogP contribution in [-0.4, -0.2) is 28.9 Å². The first-order valence-electron chi connectivity index (χ1n) is 10.9. The van der Waals surface area contributed by atoms with Crippen LogP contribution in [0.2, 0.25) is 10.0 Å². The standard InChI is InChI=1S/C24H18Cl2FN7O3/c1-32-11-15-7-20(18(26)9-19(15)31-32)29-22-30-23(36)34(12-14-3-2-4-28-21(14)35)24(37)33(22)10-13-5-16(25)8-17(27)6-13/h2-9,11H,10,12H2,1H3,(H,28,35)(H,29,30,36). The molecule has 0 bridgehead atoms. The van der Waals surface area contributed by atoms with Gasteiger partial charge in [0, 0.05) is 35.4 Å². The lowest BCUT2D eigenvalue weighted by Crippen LogP contribution is -2.43. The number of nitrogens with zero attached hydrogens (tertiary/aromatic N) is 5. The van der Waals surface area contributed by atoms with Gasteiger partial charge < -0.3 is 10.3 Å². The highest BCUT2D eigenvalue weighted by Crippen LogP contribution is 2.29. The summed E-state index contributed by atoms with van der Waals surface area (Å²) in [6.07, 6.45) is 3.22. The molecule has 0 aliphatic carbocycles. The van der Waals surface area contributed by atoms with Gasteiger partial charge in [-0.2, -0.15) is 10.1 Å². The van der Waals surface area contributed by atoms with Gasteiger partial charge in [-0.3, -0.25) is 14.0 Å². The molecule has 2 N–H and O–H groups in total. The maximum absolute atomic E-state index is 14.0. The fourth-order valence-corrected chi connectivity index (χ4v) is 4.37. The summed E-state index contributed by atoms with van der Waals surface area (Å²) in [5, 5.41) is 8.43. The van der Waals surface area contributed by atoms with Crippen LogP contribution in [0.1, 0.15) is 11.1 Å². The number of H-pyrrole nitrogens is 1. The Morgan fingerprint density at radius 1 is 1.05 bits per heavy atom. The van der Waals surface area contributed by atoms with Crippen molar-refractivity contribution in [1.29, 1.82) is 0 Å². The molecule has 5 aromatic rings. The van der Waals surface area contributed by atoms with E-state index in [4.69, 9.17) is 23.2 Å². The van der Waals surface area contributed by atoms with Gasteiger partial charge in [-0.1, -0.05) is 29.3 Å². The Hall–Kier alpha value is -4.22. The number of aromatic nitrogens is 6. The highest BCUT2D eigenvalue weighted by atomic mass is 35.5. The molecule has 0 amide bonds. The Labute approximate surface area is 217 Å². The first-order chi connectivity index (χ1) is 17.7. The summed E-state index contributed by atoms with van der Waals surface area (Å²) in [5.41, 5.74) is -0.537. The van der Waals surface area contributed by atoms with Crippen molar-refractivity contribution in [3.63, 3.8) is 0 Å². The molecule has 10 nitrogen and oxygen atoms in total. The molecular weight excluding hydrogens is 524 g/mol. The van der Waals surface area contributed by atoms with E-state index in [-0.39, 0.29) is 34.6 Å². The molecule has 0 spiro atoms. The van der Waals surface area contributed by atoms with Crippen LogP contribution in [0.15, 0.2) is 69.2 Å². The van der Waals surface area contributed by atoms with E-state index < -0.39 is 22.8 Å². The van der Waals surface area contributed by atoms with Crippen LogP contribution in [0.25, 0.3) is 10.9 Å². The third kappa shape index (κ3) is 5.04. The van der Waals surface area contributed by atoms with Gasteiger partial charge in [-0.15, -0.1) is 0 Å². The largest absolute Gasteiger partial charge is 0.355 e. The number of nitrogens with one attached hydrogen (secondary N) is 2. The first-order valence-corrected chi connectivity index (χ1v) is 11.7. The normalized spacial score (nSPS) is 11.2. The number of aromatic amines is 1. The maximum atomic E-state index is 14.0. The van der Waals surface area contributed by atoms with Gasteiger partial charge >= 0.3 is 11.4 Å². The molecule has 0 unspecified atom stereocenters. The summed E-state index contributed by atoms with van der Waals surface area (Å²) < 4.78 is 17.6. The topological polar surface area (TPSA) is 120 Å². The third-order valence-electron chi connectivity index (χ3n) is 5.60. The highest BCUT2D eigenvalue weighted by molar-refractivity contribution is 6.34. The van der Waals surface area contributed by atoms with E-state index in [2.05, 4.69) is 20.4 Å². The van der Waals surface area contributed by atoms with Gasteiger partial charge in [0.15, 0.2) is 0 Å². The molecule has 3 aromatic heterocycles. The van der Waals surface area contributed by atoms with Crippen molar-refractivity contribution in [3.8, 4) is 0 Å². The average Bonchev–Trinajstić information content (AvgIpc) is 3.18. The lowest BCUT2D eigenvalue weighted by atomic mass is 10.2. The van der Waals surface area contributed by atoms with Gasteiger partial charge in [0.25, 0.3) is 5.56 Å². The summed E-state index contributed by atoms with van der Waals surface area (Å²) >= 11 is 12.4. The number of hydrogen-bond acceptors (Lipinski definition) is 6. The van der Waals surface area contributed by atoms with Gasteiger partial charge in [-0.25, -0.2) is 18.5 Å². The minimum atomic E-state index is -0.886. The van der Waals surface area contributed by atoms with Crippen LogP contribution in [0.4, 0.5) is 16.0 Å². The smallest absolute Gasteiger partial charge is 0.329 e. The highest BCUT2D eigenvalue weighted by Gasteiger charge is 2.17. The van der Waals surface area contributed by atoms with E-state index in [1.54, 1.807) is 36.1 Å². The molecule has 0 radical (unpaired) electrons. The first kappa shape index (κ1) is 24.5. The van der Waals surface area contributed by atoms with Gasteiger partial charge in [0.05, 0.1) is 29.3 Å². The lowest BCUT2D eigenvalue weighted by Gasteiger charge is -2.16. The van der Waals surface area contributed by atoms with E-state index in [9.17, 15) is 18.8 Å². The van der Waals surface area contributed by atoms with E-state index in [0.717, 1.165) is 20.6 Å². The van der Waals surface area contributed by atoms with E-state index >= 15 is 0 Å². The average molecular weight is 542 g/mol. The van der Waals surface area contributed by atoms with Crippen molar-refractivity contribution in [2.75, 3.05) is 5.32 Å². The van der Waals surface area contributed by atoms with Crippen molar-refractivity contribution in [3.05, 3.63) is 113 Å². The molecule has 13 heteroatoms. The van der Waals surface area contributed by atoms with Crippen molar-refractivity contribution in [1.82, 2.24) is 28.9 Å². The number of hydrogen-bond donors (Lipinski definition) is 2. The summed E-state index contributed by atoms with van der Waals surface area (Å²) in [5.74, 6) is -0.717. The molecule has 5 rings (SSSR count). The SMILES string of the molecule is Cn1cc2cc(Nc3nc(=O)n(Cc4ccc[nH]c4=O)c(=O)n3Cc3cc(F)cc(Cl)c3)c(Cl)cc2n1. The van der Waals surface area contributed by atoms with Crippen molar-refractivity contribution in [2.24, 2.45) is 7.05 Å². The van der Waals surface area contributed by atoms with Crippen LogP contribution < -0.4 is 22.3 Å². The molecule has 0 aliphatic heterocycles. The fraction of sp³-hybridized carbons (Fsp3) is 0.125. The quantitative estimate of drug-likeness (QED) is 0.340. The number of fused-ring (bicyclic) bond motifs is 1. The number of anilines is 2. The van der Waals surface area contributed by atoms with Gasteiger partial charge in [0.1, 0.15) is 5.82 Å². The van der Waals surface area contributed by atoms with E-state index in [1.165, 1.54) is 24.4 Å². The Bertz CT molecular complexity index is 1820. The minimum Gasteiger partial charge on any atom is -0.329 e. The zero-order valence-corrected chi connectivity index (χ0v) is 20.7. The van der Waals surface area contributed by atoms with Crippen molar-refractivity contribution in [2.45, 2.75) is 13.1 Å². The van der Waals surface area contributed by atoms with Crippen LogP contribution in [0.3, 0.4) is 0 Å². The predicted octanol–water partition coefficient (Wildman–Crippen LogP) is 3.27. The van der Waals surface area contributed by atoms with E-state index in [0.29, 0.717) is 16.8 Å². The number of pyridine rings is 1. The number of benzene rings is 2. The van der Waals surface area contributed by atoms with Crippen molar-refractivity contribution < 1.29 is 4.39 Å². The molecule has 0 saturated heterocycles. The number of aryl methyl sites for hydroxylation is 1. The molecule has 188 valence electrons. The van der Waals surface area contributed by atoms with Gasteiger partial charge in [0.2, 0.25) is 5.95 Å². The van der Waals surface area contributed by atoms with Crippen LogP contribution in [0, 0.1) is 5.82 Å². The Kier molecular flexibility index (Phi) is 6.40. The lowest BCUT2D eigenvalue weighted by molar-refractivity contribution is 0.583. The summed E-state index contributed by atoms with van der Waals surface area (Å²) in [4.78, 5) is 45.2. The van der Waals surface area contributed by atoms with Crippen LogP contribution >= 0.6 is 23.2 Å². The van der Waals surface area contributed by atoms with Crippen molar-refractivity contribution >= 4 is 45.7 Å². The molecule has 0 fully saturated rings. The molecule has 0 saturated carbocycles. The molecule has 37 heavy (non-hydrogen) atoms. The molecule has 2 aromatic carbocycles. The Balaban J connectivity index is 1.65. The summed E-state index contributed by atoms with van der Waals surface area (Å²) in [6.45, 7) is -0.489. The van der Waals surface area contributed by atoms with Crippen LogP contribution in [-0.2, 0) is 20.1 Å². The minimum absolute atomic E-state index is 0.126. The van der Waals surface area contributed by atoms with E-state index in [1.807, 2.05) is 0 Å². The summed E-state index contributed by atoms with van der Waals surface area (Å²) in [6, 6.07) is 10.3. The molecule has 0 aliphatic rings. The third-order valence-corrected chi connectivity index (χ3v) is 6.13. The Morgan fingerprint density at radius 2 is 1.86 bits per heavy atom. The maximum Gasteiger partial charge on any atom is 0.355 e. The molecular formula is C24H18Cl2FN7O3. The summed E-state index contributed by atoms with van der Waals surface area (Å²) in [7, 11) is 1.77. The van der Waals surface area contributed by atoms with Crippen LogP contribution in [0.5, 0.6) is 0 Å². The molecule has 3 heterocycles. The number of halogens is 3. The molecule has 0 atom stereocenters. The number of rotatable bonds is 6. The fourth-order valence-electron chi connectivity index (χ4n) is 3.92. The monoisotopic (exact) mass is 541 g/mol.